The van der Waals surface area contributed by atoms with Gasteiger partial charge in [0, 0.05) is 17.3 Å². The van der Waals surface area contributed by atoms with E-state index in [1.165, 1.54) is 17.8 Å². The molecule has 0 bridgehead atoms. The molecule has 2 amide bonds. The Morgan fingerprint density at radius 2 is 1.97 bits per heavy atom. The van der Waals surface area contributed by atoms with Gasteiger partial charge in [-0.3, -0.25) is 9.59 Å². The van der Waals surface area contributed by atoms with E-state index in [0.717, 1.165) is 6.42 Å². The molecule has 0 saturated heterocycles. The van der Waals surface area contributed by atoms with Crippen molar-refractivity contribution in [1.29, 1.82) is 0 Å². The number of carbonyl (C=O) groups excluding carboxylic acids is 3. The number of hydrogen-bond acceptors (Lipinski definition) is 7. The number of nitrogens with zero attached hydrogens (tertiary/aromatic N) is 3. The Labute approximate surface area is 234 Å². The number of hydrogen-bond donors (Lipinski definition) is 2. The van der Waals surface area contributed by atoms with Crippen molar-refractivity contribution in [3.63, 3.8) is 0 Å². The second-order valence-electron chi connectivity index (χ2n) is 8.11. The number of aromatic nitrogens is 3. The third-order valence-electron chi connectivity index (χ3n) is 5.12. The molecule has 0 radical (unpaired) electrons. The number of amides is 2. The highest BCUT2D eigenvalue weighted by Gasteiger charge is 2.21. The van der Waals surface area contributed by atoms with Crippen LogP contribution in [0.3, 0.4) is 0 Å². The lowest BCUT2D eigenvalue weighted by Crippen LogP contribution is -2.29. The number of carbonyl (C=O) groups is 3. The minimum atomic E-state index is -0.514. The van der Waals surface area contributed by atoms with E-state index >= 15 is 0 Å². The van der Waals surface area contributed by atoms with E-state index in [2.05, 4.69) is 27.4 Å². The van der Waals surface area contributed by atoms with Crippen LogP contribution in [0.2, 0.25) is 10.0 Å². The molecule has 1 aromatic heterocycles. The number of nitrogens with one attached hydrogen (secondary N) is 2. The summed E-state index contributed by atoms with van der Waals surface area (Å²) in [6.07, 6.45) is 2.39. The highest BCUT2D eigenvalue weighted by atomic mass is 35.5. The van der Waals surface area contributed by atoms with E-state index in [9.17, 15) is 14.4 Å². The Bertz CT molecular complexity index is 1330. The first-order chi connectivity index (χ1) is 18.2. The van der Waals surface area contributed by atoms with Gasteiger partial charge in [0.15, 0.2) is 11.0 Å². The van der Waals surface area contributed by atoms with Gasteiger partial charge in [-0.1, -0.05) is 54.0 Å². The maximum absolute atomic E-state index is 12.7. The van der Waals surface area contributed by atoms with Gasteiger partial charge < -0.3 is 19.9 Å². The molecule has 9 nitrogen and oxygen atoms in total. The Morgan fingerprint density at radius 3 is 2.68 bits per heavy atom. The summed E-state index contributed by atoms with van der Waals surface area (Å²) in [5, 5.41) is 15.2. The van der Waals surface area contributed by atoms with Gasteiger partial charge in [-0.25, -0.2) is 4.79 Å². The van der Waals surface area contributed by atoms with Crippen molar-refractivity contribution in [2.24, 2.45) is 0 Å². The van der Waals surface area contributed by atoms with E-state index < -0.39 is 12.0 Å². The van der Waals surface area contributed by atoms with Gasteiger partial charge in [0.25, 0.3) is 5.91 Å². The number of ether oxygens (including phenoxy) is 1. The second-order valence-corrected chi connectivity index (χ2v) is 9.90. The summed E-state index contributed by atoms with van der Waals surface area (Å²) in [4.78, 5) is 37.4. The van der Waals surface area contributed by atoms with Gasteiger partial charge in [0.05, 0.1) is 34.6 Å². The third kappa shape index (κ3) is 7.83. The molecule has 3 rings (SSSR count). The average Bonchev–Trinajstić information content (AvgIpc) is 3.29. The first-order valence-corrected chi connectivity index (χ1v) is 13.5. The van der Waals surface area contributed by atoms with Crippen LogP contribution in [0.15, 0.2) is 60.3 Å². The zero-order valence-corrected chi connectivity index (χ0v) is 23.2. The molecule has 12 heteroatoms. The summed E-state index contributed by atoms with van der Waals surface area (Å²) < 4.78 is 6.91. The van der Waals surface area contributed by atoms with Gasteiger partial charge in [-0.05, 0) is 49.7 Å². The zero-order valence-electron chi connectivity index (χ0n) is 20.9. The summed E-state index contributed by atoms with van der Waals surface area (Å²) >= 11 is 13.3. The number of anilines is 1. The first-order valence-electron chi connectivity index (χ1n) is 11.7. The molecule has 2 N–H and O–H groups in total. The molecule has 0 spiro atoms. The number of rotatable bonds is 12. The number of benzene rings is 2. The summed E-state index contributed by atoms with van der Waals surface area (Å²) in [5.41, 5.74) is 1.12. The Kier molecular flexibility index (Phi) is 10.8. The van der Waals surface area contributed by atoms with E-state index in [-0.39, 0.29) is 28.2 Å². The summed E-state index contributed by atoms with van der Waals surface area (Å²) in [6, 6.07) is 10.7. The van der Waals surface area contributed by atoms with Crippen LogP contribution in [0.25, 0.3) is 0 Å². The van der Waals surface area contributed by atoms with Crippen LogP contribution < -0.4 is 10.6 Å². The highest BCUT2D eigenvalue weighted by molar-refractivity contribution is 7.99. The molecule has 2 aromatic carbocycles. The third-order valence-corrected chi connectivity index (χ3v) is 6.63. The molecule has 200 valence electrons. The van der Waals surface area contributed by atoms with Crippen LogP contribution in [0.5, 0.6) is 0 Å². The van der Waals surface area contributed by atoms with Crippen molar-refractivity contribution in [2.75, 3.05) is 17.7 Å². The number of allylic oxidation sites excluding steroid dienone is 1. The molecule has 38 heavy (non-hydrogen) atoms. The van der Waals surface area contributed by atoms with Crippen LogP contribution in [0.4, 0.5) is 5.69 Å². The van der Waals surface area contributed by atoms with E-state index in [4.69, 9.17) is 27.9 Å². The number of thioether (sulfide) groups is 1. The predicted molar refractivity (Wildman–Crippen MR) is 149 cm³/mol. The second kappa shape index (κ2) is 14.0. The smallest absolute Gasteiger partial charge is 0.338 e. The van der Waals surface area contributed by atoms with Crippen LogP contribution in [0.1, 0.15) is 52.9 Å². The highest BCUT2D eigenvalue weighted by Crippen LogP contribution is 2.24. The quantitative estimate of drug-likeness (QED) is 0.165. The first kappa shape index (κ1) is 29.2. The lowest BCUT2D eigenvalue weighted by molar-refractivity contribution is -0.113. The molecule has 1 heterocycles. The predicted octanol–water partition coefficient (Wildman–Crippen LogP) is 5.56. The average molecular weight is 577 g/mol. The molecule has 0 saturated carbocycles. The van der Waals surface area contributed by atoms with Gasteiger partial charge >= 0.3 is 5.97 Å². The van der Waals surface area contributed by atoms with Gasteiger partial charge in [-0.2, -0.15) is 0 Å². The van der Waals surface area contributed by atoms with Crippen LogP contribution in [-0.4, -0.2) is 44.9 Å². The number of halogens is 2. The maximum atomic E-state index is 12.7. The van der Waals surface area contributed by atoms with E-state index in [1.807, 2.05) is 6.92 Å². The van der Waals surface area contributed by atoms with Gasteiger partial charge in [0.1, 0.15) is 0 Å². The van der Waals surface area contributed by atoms with Crippen LogP contribution in [0, 0.1) is 0 Å². The van der Waals surface area contributed by atoms with Gasteiger partial charge in [0.2, 0.25) is 5.91 Å². The largest absolute Gasteiger partial charge is 0.462 e. The fourth-order valence-electron chi connectivity index (χ4n) is 3.37. The minimum Gasteiger partial charge on any atom is -0.462 e. The number of esters is 1. The fourth-order valence-corrected chi connectivity index (χ4v) is 4.62. The van der Waals surface area contributed by atoms with E-state index in [1.54, 1.807) is 54.0 Å². The SMILES string of the molecule is C=CCn1c(SCC(=O)Nc2cccc(C(=O)OCCC)c2)nnc1[C@H](C)NC(=O)c1ccc(Cl)cc1Cl. The van der Waals surface area contributed by atoms with E-state index in [0.29, 0.717) is 40.4 Å². The molecule has 1 atom stereocenters. The monoisotopic (exact) mass is 575 g/mol. The molecule has 3 aromatic rings. The summed E-state index contributed by atoms with van der Waals surface area (Å²) in [5.74, 6) is -0.586. The Balaban J connectivity index is 1.64. The van der Waals surface area contributed by atoms with Crippen molar-refractivity contribution in [1.82, 2.24) is 20.1 Å². The van der Waals surface area contributed by atoms with Crippen molar-refractivity contribution in [3.05, 3.63) is 82.1 Å². The summed E-state index contributed by atoms with van der Waals surface area (Å²) in [6.45, 7) is 8.16. The Hall–Kier alpha value is -3.34. The van der Waals surface area contributed by atoms with Crippen molar-refractivity contribution in [2.45, 2.75) is 38.0 Å². The molecule has 0 aliphatic heterocycles. The molecule has 0 aliphatic rings. The molecule has 0 fully saturated rings. The van der Waals surface area contributed by atoms with Crippen molar-refractivity contribution >= 4 is 58.4 Å². The Morgan fingerprint density at radius 1 is 1.18 bits per heavy atom. The minimum absolute atomic E-state index is 0.0426. The van der Waals surface area contributed by atoms with Crippen molar-refractivity contribution in [3.8, 4) is 0 Å². The summed E-state index contributed by atoms with van der Waals surface area (Å²) in [7, 11) is 0. The van der Waals surface area contributed by atoms with Crippen molar-refractivity contribution < 1.29 is 19.1 Å². The molecule has 0 unspecified atom stereocenters. The zero-order chi connectivity index (χ0) is 27.7. The topological polar surface area (TPSA) is 115 Å². The van der Waals surface area contributed by atoms with Crippen LogP contribution >= 0.6 is 35.0 Å². The maximum Gasteiger partial charge on any atom is 0.338 e. The van der Waals surface area contributed by atoms with Crippen LogP contribution in [-0.2, 0) is 16.1 Å². The molecular formula is C26H27Cl2N5O4S. The standard InChI is InChI=1S/C26H27Cl2N5O4S/c1-4-11-33-23(16(3)29-24(35)20-10-9-18(27)14-21(20)28)31-32-26(33)38-15-22(34)30-19-8-6-7-17(13-19)25(36)37-12-5-2/h4,6-10,13-14,16H,1,5,11-12,15H2,2-3H3,(H,29,35)(H,30,34)/t16-/m0/s1. The fraction of sp³-hybridized carbons (Fsp3) is 0.269. The normalized spacial score (nSPS) is 11.5. The lowest BCUT2D eigenvalue weighted by Gasteiger charge is -2.16. The van der Waals surface area contributed by atoms with Gasteiger partial charge in [-0.15, -0.1) is 16.8 Å². The molecular weight excluding hydrogens is 549 g/mol. The molecule has 0 aliphatic carbocycles. The lowest BCUT2D eigenvalue weighted by atomic mass is 10.2.